The van der Waals surface area contributed by atoms with E-state index in [1.807, 2.05) is 24.3 Å². The average Bonchev–Trinajstić information content (AvgIpc) is 2.57. The summed E-state index contributed by atoms with van der Waals surface area (Å²) in [5, 5.41) is -0.00834. The molecule has 1 aliphatic carbocycles. The monoisotopic (exact) mass is 356 g/mol. The minimum Gasteiger partial charge on any atom is -0.389 e. The third kappa shape index (κ3) is 4.49. The summed E-state index contributed by atoms with van der Waals surface area (Å²) in [4.78, 5) is 0. The van der Waals surface area contributed by atoms with Gasteiger partial charge >= 0.3 is 0 Å². The van der Waals surface area contributed by atoms with Crippen molar-refractivity contribution in [3.8, 4) is 0 Å². The Morgan fingerprint density at radius 2 is 2.17 bits per heavy atom. The molecule has 4 unspecified atom stereocenters. The molecular weight excluding hydrogens is 343 g/mol. The van der Waals surface area contributed by atoms with Crippen molar-refractivity contribution in [1.82, 2.24) is 0 Å². The van der Waals surface area contributed by atoms with Crippen molar-refractivity contribution in [2.75, 3.05) is 6.61 Å². The second-order valence-electron chi connectivity index (χ2n) is 4.44. The van der Waals surface area contributed by atoms with Crippen LogP contribution in [-0.4, -0.2) is 25.2 Å². The van der Waals surface area contributed by atoms with E-state index >= 15 is 0 Å². The normalized spacial score (nSPS) is 31.0. The van der Waals surface area contributed by atoms with E-state index < -0.39 is 0 Å². The van der Waals surface area contributed by atoms with Gasteiger partial charge in [0.15, 0.2) is 0 Å². The maximum atomic E-state index is 6.20. The van der Waals surface area contributed by atoms with E-state index in [4.69, 9.17) is 35.8 Å². The zero-order valence-electron chi connectivity index (χ0n) is 10.1. The first kappa shape index (κ1) is 17.0. The molecule has 3 radical (unpaired) electrons. The summed E-state index contributed by atoms with van der Waals surface area (Å²) in [7, 11) is 5.99. The third-order valence-electron chi connectivity index (χ3n) is 3.18. The van der Waals surface area contributed by atoms with Crippen LogP contribution in [0.2, 0.25) is 5.82 Å². The van der Waals surface area contributed by atoms with Crippen LogP contribution in [-0.2, 0) is 44.1 Å². The van der Waals surface area contributed by atoms with Crippen molar-refractivity contribution in [1.29, 1.82) is 0 Å². The van der Waals surface area contributed by atoms with Gasteiger partial charge in [0, 0.05) is 56.7 Å². The Balaban J connectivity index is 0.00000162. The summed E-state index contributed by atoms with van der Waals surface area (Å²) in [6.07, 6.45) is 0.761. The fourth-order valence-corrected chi connectivity index (χ4v) is 3.01. The van der Waals surface area contributed by atoms with Gasteiger partial charge in [-0.3, -0.25) is 0 Å². The Morgan fingerprint density at radius 1 is 1.39 bits per heavy atom. The van der Waals surface area contributed by atoms with Gasteiger partial charge in [-0.05, 0) is 12.3 Å². The first-order valence-electron chi connectivity index (χ1n) is 5.75. The number of hydrogen-bond acceptors (Lipinski definition) is 1. The van der Waals surface area contributed by atoms with E-state index in [0.717, 1.165) is 12.0 Å². The Morgan fingerprint density at radius 3 is 2.72 bits per heavy atom. The molecule has 2 rings (SSSR count). The average molecular weight is 357 g/mol. The second-order valence-corrected chi connectivity index (χ2v) is 5.56. The van der Waals surface area contributed by atoms with E-state index in [9.17, 15) is 0 Å². The van der Waals surface area contributed by atoms with Crippen LogP contribution in [0.25, 0.3) is 0 Å². The minimum atomic E-state index is -0.0681. The summed E-state index contributed by atoms with van der Waals surface area (Å²) in [6.45, 7) is 1.13. The van der Waals surface area contributed by atoms with Gasteiger partial charge < -0.3 is 4.74 Å². The van der Waals surface area contributed by atoms with Crippen LogP contribution in [0, 0.1) is 12.0 Å². The molecule has 1 aromatic rings. The summed E-state index contributed by atoms with van der Waals surface area (Å²) in [5.41, 5.74) is 1.10. The van der Waals surface area contributed by atoms with E-state index in [2.05, 4.69) is 6.07 Å². The molecule has 0 aliphatic heterocycles. The van der Waals surface area contributed by atoms with Gasteiger partial charge in [0.05, 0.1) is 7.85 Å². The Kier molecular flexibility index (Phi) is 7.80. The molecule has 1 aliphatic rings. The van der Waals surface area contributed by atoms with Crippen molar-refractivity contribution in [3.63, 3.8) is 0 Å². The van der Waals surface area contributed by atoms with E-state index in [0.29, 0.717) is 13.2 Å². The van der Waals surface area contributed by atoms with Crippen LogP contribution in [0.5, 0.6) is 0 Å². The van der Waals surface area contributed by atoms with Gasteiger partial charge in [0.2, 0.25) is 0 Å². The molecule has 1 saturated carbocycles. The quantitative estimate of drug-likeness (QED) is 0.457. The van der Waals surface area contributed by atoms with E-state index in [-0.39, 0.29) is 55.2 Å². The van der Waals surface area contributed by atoms with Gasteiger partial charge in [-0.1, -0.05) is 5.82 Å². The first-order valence-corrected chi connectivity index (χ1v) is 6.62. The van der Waals surface area contributed by atoms with Crippen LogP contribution in [0.15, 0.2) is 24.3 Å². The molecule has 5 heteroatoms. The maximum absolute atomic E-state index is 6.20. The number of hydrogen-bond donors (Lipinski definition) is 0. The largest absolute Gasteiger partial charge is 0.389 e. The molecule has 0 saturated heterocycles. The molecule has 0 aromatic heterocycles. The zero-order valence-corrected chi connectivity index (χ0v) is 14.4. The van der Waals surface area contributed by atoms with E-state index in [1.54, 1.807) is 0 Å². The van der Waals surface area contributed by atoms with Crippen molar-refractivity contribution >= 4 is 31.0 Å². The third-order valence-corrected chi connectivity index (χ3v) is 4.15. The van der Waals surface area contributed by atoms with Crippen LogP contribution in [0.3, 0.4) is 0 Å². The maximum Gasteiger partial charge on any atom is 0.0725 e. The molecule has 4 atom stereocenters. The minimum absolute atomic E-state index is 0. The standard InChI is InChI=1S/C13H14BCl2O.Y/c14-13-10(11(15)6-12(13)16)8-17-7-9-4-2-1-3-5-9;/h1-2,4-5,10-13H,6-8H2;/q-1;. The molecule has 0 spiro atoms. The summed E-state index contributed by atoms with van der Waals surface area (Å²) < 4.78 is 5.65. The summed E-state index contributed by atoms with van der Waals surface area (Å²) >= 11 is 12.3. The summed E-state index contributed by atoms with van der Waals surface area (Å²) in [6, 6.07) is 10.7. The predicted molar refractivity (Wildman–Crippen MR) is 71.8 cm³/mol. The van der Waals surface area contributed by atoms with Gasteiger partial charge in [-0.25, -0.2) is 0 Å². The molecular formula is C13H14BCl2OY-. The molecule has 1 fully saturated rings. The molecule has 0 bridgehead atoms. The molecule has 0 N–H and O–H groups in total. The Bertz CT molecular complexity index is 352. The number of rotatable bonds is 4. The number of benzene rings is 1. The van der Waals surface area contributed by atoms with Crippen molar-refractivity contribution in [3.05, 3.63) is 35.9 Å². The zero-order chi connectivity index (χ0) is 12.3. The van der Waals surface area contributed by atoms with Crippen LogP contribution >= 0.6 is 23.2 Å². The smallest absolute Gasteiger partial charge is 0.0725 e. The number of halogens is 2. The number of ether oxygens (including phenoxy) is 1. The SMILES string of the molecule is [B]C1C(Cl)CC(Cl)C1COCc1c[c-]ccc1.[Y]. The molecule has 0 amide bonds. The molecule has 18 heavy (non-hydrogen) atoms. The fraction of sp³-hybridized carbons (Fsp3) is 0.538. The Labute approximate surface area is 145 Å². The van der Waals surface area contributed by atoms with Crippen molar-refractivity contribution in [2.45, 2.75) is 29.6 Å². The molecule has 93 valence electrons. The second kappa shape index (κ2) is 8.27. The fourth-order valence-electron chi connectivity index (χ4n) is 2.11. The Hall–Kier alpha value is 0.929. The molecule has 1 aromatic carbocycles. The first-order chi connectivity index (χ1) is 8.18. The van der Waals surface area contributed by atoms with Crippen LogP contribution in [0.4, 0.5) is 0 Å². The molecule has 1 nitrogen and oxygen atoms in total. The van der Waals surface area contributed by atoms with Crippen LogP contribution < -0.4 is 0 Å². The van der Waals surface area contributed by atoms with Gasteiger partial charge in [-0.2, -0.15) is 30.3 Å². The van der Waals surface area contributed by atoms with Gasteiger partial charge in [-0.15, -0.1) is 28.8 Å². The topological polar surface area (TPSA) is 9.23 Å². The molecule has 0 heterocycles. The van der Waals surface area contributed by atoms with Gasteiger partial charge in [0.1, 0.15) is 0 Å². The van der Waals surface area contributed by atoms with Crippen LogP contribution in [0.1, 0.15) is 12.0 Å². The van der Waals surface area contributed by atoms with Crippen molar-refractivity contribution < 1.29 is 37.4 Å². The number of alkyl halides is 2. The predicted octanol–water partition coefficient (Wildman–Crippen LogP) is 3.19. The van der Waals surface area contributed by atoms with E-state index in [1.165, 1.54) is 0 Å². The van der Waals surface area contributed by atoms with Crippen molar-refractivity contribution in [2.24, 2.45) is 5.92 Å². The van der Waals surface area contributed by atoms with Gasteiger partial charge in [0.25, 0.3) is 0 Å². The summed E-state index contributed by atoms with van der Waals surface area (Å²) in [5.74, 6) is 0.0772.